The Morgan fingerprint density at radius 2 is 2.08 bits per heavy atom. The molecule has 0 atom stereocenters. The summed E-state index contributed by atoms with van der Waals surface area (Å²) in [6.07, 6.45) is 1.45. The first kappa shape index (κ1) is 19.2. The second kappa shape index (κ2) is 8.29. The molecule has 0 bridgehead atoms. The van der Waals surface area contributed by atoms with Gasteiger partial charge in [0.1, 0.15) is 34.6 Å². The van der Waals surface area contributed by atoms with Crippen molar-refractivity contribution in [2.75, 3.05) is 13.2 Å². The Morgan fingerprint density at radius 1 is 1.36 bits per heavy atom. The number of hydrogen-bond acceptors (Lipinski definition) is 4. The van der Waals surface area contributed by atoms with Crippen molar-refractivity contribution in [3.05, 3.63) is 46.2 Å². The van der Waals surface area contributed by atoms with Crippen molar-refractivity contribution < 1.29 is 23.0 Å². The van der Waals surface area contributed by atoms with Crippen molar-refractivity contribution in [1.29, 1.82) is 0 Å². The lowest BCUT2D eigenvalue weighted by molar-refractivity contribution is 0.0524. The maximum absolute atomic E-state index is 13.4. The summed E-state index contributed by atoms with van der Waals surface area (Å²) < 4.78 is 38.7. The predicted molar refractivity (Wildman–Crippen MR) is 89.1 cm³/mol. The Hall–Kier alpha value is -2.15. The van der Waals surface area contributed by atoms with Crippen LogP contribution in [-0.4, -0.2) is 29.0 Å². The van der Waals surface area contributed by atoms with Crippen LogP contribution in [0.5, 0.6) is 5.75 Å². The summed E-state index contributed by atoms with van der Waals surface area (Å²) in [7, 11) is 0. The largest absolute Gasteiger partial charge is 0.490 e. The van der Waals surface area contributed by atoms with Gasteiger partial charge in [0.15, 0.2) is 0 Å². The molecule has 1 aromatic heterocycles. The van der Waals surface area contributed by atoms with E-state index in [2.05, 4.69) is 5.10 Å². The van der Waals surface area contributed by atoms with Crippen LogP contribution < -0.4 is 4.74 Å². The Balaban J connectivity index is 2.12. The molecule has 1 aromatic carbocycles. The number of esters is 1. The second-order valence-electron chi connectivity index (χ2n) is 5.59. The van der Waals surface area contributed by atoms with E-state index in [1.165, 1.54) is 6.20 Å². The van der Waals surface area contributed by atoms with Gasteiger partial charge in [-0.3, -0.25) is 4.68 Å². The summed E-state index contributed by atoms with van der Waals surface area (Å²) in [4.78, 5) is 12.0. The van der Waals surface area contributed by atoms with E-state index in [9.17, 15) is 13.6 Å². The molecule has 25 heavy (non-hydrogen) atoms. The molecule has 0 aliphatic rings. The summed E-state index contributed by atoms with van der Waals surface area (Å²) in [6, 6.07) is 1.70. The number of aromatic nitrogens is 2. The van der Waals surface area contributed by atoms with Crippen LogP contribution in [0, 0.1) is 11.6 Å². The summed E-state index contributed by atoms with van der Waals surface area (Å²) in [5, 5.41) is 3.90. The van der Waals surface area contributed by atoms with Crippen molar-refractivity contribution in [3.8, 4) is 5.75 Å². The molecule has 0 fully saturated rings. The molecule has 0 spiro atoms. The Morgan fingerprint density at radius 3 is 2.72 bits per heavy atom. The number of carbonyl (C=O) groups excluding carboxylic acids is 1. The third-order valence-electron chi connectivity index (χ3n) is 3.44. The maximum atomic E-state index is 13.4. The highest BCUT2D eigenvalue weighted by Gasteiger charge is 2.21. The summed E-state index contributed by atoms with van der Waals surface area (Å²) in [5.41, 5.74) is 1.10. The van der Waals surface area contributed by atoms with Crippen LogP contribution in [0.2, 0.25) is 5.02 Å². The molecule has 1 heterocycles. The fraction of sp³-hybridized carbons (Fsp3) is 0.412. The highest BCUT2D eigenvalue weighted by Crippen LogP contribution is 2.28. The molecule has 0 amide bonds. The highest BCUT2D eigenvalue weighted by molar-refractivity contribution is 6.32. The van der Waals surface area contributed by atoms with E-state index in [-0.39, 0.29) is 36.4 Å². The highest BCUT2D eigenvalue weighted by atomic mass is 35.5. The number of hydrogen-bond donors (Lipinski definition) is 0. The fourth-order valence-electron chi connectivity index (χ4n) is 2.43. The zero-order chi connectivity index (χ0) is 18.6. The van der Waals surface area contributed by atoms with E-state index >= 15 is 0 Å². The molecule has 5 nitrogen and oxygen atoms in total. The minimum atomic E-state index is -0.886. The first-order chi connectivity index (χ1) is 11.8. The standard InChI is InChI=1S/C17H19ClF2N2O3/c1-4-24-17(23)12-9-21-22(16(12)10(2)3)5-6-25-14-8-11(19)7-13(20)15(14)18/h7-10H,4-6H2,1-3H3. The normalized spacial score (nSPS) is 11.0. The molecule has 2 rings (SSSR count). The van der Waals surface area contributed by atoms with Crippen molar-refractivity contribution in [2.45, 2.75) is 33.2 Å². The van der Waals surface area contributed by atoms with Crippen LogP contribution in [0.15, 0.2) is 18.3 Å². The lowest BCUT2D eigenvalue weighted by Crippen LogP contribution is -2.15. The molecule has 0 saturated heterocycles. The lowest BCUT2D eigenvalue weighted by atomic mass is 10.1. The molecule has 8 heteroatoms. The molecule has 0 saturated carbocycles. The van der Waals surface area contributed by atoms with Crippen LogP contribution in [0.25, 0.3) is 0 Å². The average Bonchev–Trinajstić information content (AvgIpc) is 2.96. The summed E-state index contributed by atoms with van der Waals surface area (Å²) >= 11 is 5.76. The first-order valence-corrected chi connectivity index (χ1v) is 8.23. The van der Waals surface area contributed by atoms with Crippen LogP contribution in [0.4, 0.5) is 8.78 Å². The molecule has 0 unspecified atom stereocenters. The van der Waals surface area contributed by atoms with E-state index in [1.54, 1.807) is 11.6 Å². The molecule has 2 aromatic rings. The van der Waals surface area contributed by atoms with Crippen molar-refractivity contribution in [2.24, 2.45) is 0 Å². The van der Waals surface area contributed by atoms with Gasteiger partial charge in [-0.25, -0.2) is 13.6 Å². The summed E-state index contributed by atoms with van der Waals surface area (Å²) in [6.45, 7) is 6.21. The maximum Gasteiger partial charge on any atom is 0.341 e. The third-order valence-corrected chi connectivity index (χ3v) is 3.81. The van der Waals surface area contributed by atoms with Crippen molar-refractivity contribution in [1.82, 2.24) is 9.78 Å². The van der Waals surface area contributed by atoms with Crippen LogP contribution in [0.3, 0.4) is 0 Å². The number of ether oxygens (including phenoxy) is 2. The SMILES string of the molecule is CCOC(=O)c1cnn(CCOc2cc(F)cc(F)c2Cl)c1C(C)C. The van der Waals surface area contributed by atoms with Gasteiger partial charge in [-0.1, -0.05) is 25.4 Å². The molecule has 0 radical (unpaired) electrons. The van der Waals surface area contributed by atoms with E-state index in [1.807, 2.05) is 13.8 Å². The van der Waals surface area contributed by atoms with Gasteiger partial charge in [-0.05, 0) is 12.8 Å². The molecule has 0 aliphatic heterocycles. The molecular weight excluding hydrogens is 354 g/mol. The molecule has 136 valence electrons. The smallest absolute Gasteiger partial charge is 0.341 e. The number of rotatable bonds is 7. The van der Waals surface area contributed by atoms with E-state index in [4.69, 9.17) is 21.1 Å². The number of benzene rings is 1. The molecule has 0 N–H and O–H groups in total. The molecule has 0 aliphatic carbocycles. The Bertz CT molecular complexity index is 763. The van der Waals surface area contributed by atoms with Crippen LogP contribution in [0.1, 0.15) is 42.7 Å². The zero-order valence-corrected chi connectivity index (χ0v) is 14.9. The number of carbonyl (C=O) groups is 1. The number of halogens is 3. The topological polar surface area (TPSA) is 53.3 Å². The van der Waals surface area contributed by atoms with Gasteiger partial charge in [-0.2, -0.15) is 5.10 Å². The predicted octanol–water partition coefficient (Wildman–Crippen LogP) is 4.19. The van der Waals surface area contributed by atoms with Gasteiger partial charge < -0.3 is 9.47 Å². The third kappa shape index (κ3) is 4.48. The van der Waals surface area contributed by atoms with Gasteiger partial charge in [-0.15, -0.1) is 0 Å². The van der Waals surface area contributed by atoms with Crippen molar-refractivity contribution >= 4 is 17.6 Å². The quantitative estimate of drug-likeness (QED) is 0.540. The first-order valence-electron chi connectivity index (χ1n) is 7.85. The van der Waals surface area contributed by atoms with E-state index < -0.39 is 17.6 Å². The lowest BCUT2D eigenvalue weighted by Gasteiger charge is -2.13. The van der Waals surface area contributed by atoms with E-state index in [0.29, 0.717) is 17.3 Å². The van der Waals surface area contributed by atoms with Gasteiger partial charge in [0.25, 0.3) is 0 Å². The Kier molecular flexibility index (Phi) is 6.36. The monoisotopic (exact) mass is 372 g/mol. The Labute approximate surface area is 149 Å². The minimum Gasteiger partial charge on any atom is -0.490 e. The van der Waals surface area contributed by atoms with E-state index in [0.717, 1.165) is 6.07 Å². The number of nitrogens with zero attached hydrogens (tertiary/aromatic N) is 2. The fourth-order valence-corrected chi connectivity index (χ4v) is 2.59. The second-order valence-corrected chi connectivity index (χ2v) is 5.97. The van der Waals surface area contributed by atoms with Crippen LogP contribution >= 0.6 is 11.6 Å². The van der Waals surface area contributed by atoms with Gasteiger partial charge in [0.05, 0.1) is 25.0 Å². The van der Waals surface area contributed by atoms with Gasteiger partial charge in [0.2, 0.25) is 0 Å². The van der Waals surface area contributed by atoms with Crippen LogP contribution in [-0.2, 0) is 11.3 Å². The summed E-state index contributed by atoms with van der Waals surface area (Å²) in [5.74, 6) is -2.15. The van der Waals surface area contributed by atoms with Gasteiger partial charge >= 0.3 is 5.97 Å². The minimum absolute atomic E-state index is 0.0251. The van der Waals surface area contributed by atoms with Crippen molar-refractivity contribution in [3.63, 3.8) is 0 Å². The molecular formula is C17H19ClF2N2O3. The average molecular weight is 373 g/mol. The van der Waals surface area contributed by atoms with Gasteiger partial charge in [0, 0.05) is 12.1 Å². The zero-order valence-electron chi connectivity index (χ0n) is 14.2.